The Morgan fingerprint density at radius 1 is 1.56 bits per heavy atom. The van der Waals surface area contributed by atoms with Gasteiger partial charge in [0.05, 0.1) is 7.11 Å². The molecule has 18 heavy (non-hydrogen) atoms. The van der Waals surface area contributed by atoms with E-state index in [9.17, 15) is 9.18 Å². The van der Waals surface area contributed by atoms with Crippen LogP contribution in [-0.2, 0) is 9.53 Å². The highest BCUT2D eigenvalue weighted by atomic mass is 19.1. The third-order valence-electron chi connectivity index (χ3n) is 2.47. The van der Waals surface area contributed by atoms with Gasteiger partial charge in [0.1, 0.15) is 23.9 Å². The first-order valence-electron chi connectivity index (χ1n) is 5.28. The number of ether oxygens (including phenoxy) is 2. The predicted octanol–water partition coefficient (Wildman–Crippen LogP) is 1.62. The van der Waals surface area contributed by atoms with Crippen LogP contribution in [0.1, 0.15) is 5.56 Å². The highest BCUT2D eigenvalue weighted by Gasteiger charge is 2.12. The van der Waals surface area contributed by atoms with E-state index in [0.29, 0.717) is 5.75 Å². The Labute approximate surface area is 103 Å². The third kappa shape index (κ3) is 2.51. The number of nitrogens with two attached hydrogens (primary N) is 1. The molecule has 1 aromatic rings. The number of carbonyl (C=O) groups is 1. The first-order chi connectivity index (χ1) is 8.60. The van der Waals surface area contributed by atoms with Gasteiger partial charge in [-0.05, 0) is 29.9 Å². The molecule has 94 valence electrons. The number of hydrogen-bond acceptors (Lipinski definition) is 4. The van der Waals surface area contributed by atoms with Gasteiger partial charge in [-0.15, -0.1) is 0 Å². The van der Waals surface area contributed by atoms with Crippen LogP contribution in [0.2, 0.25) is 0 Å². The van der Waals surface area contributed by atoms with Crippen molar-refractivity contribution in [1.29, 1.82) is 0 Å². The molecular weight excluding hydrogens is 237 g/mol. The third-order valence-corrected chi connectivity index (χ3v) is 2.47. The molecule has 1 heterocycles. The second-order valence-corrected chi connectivity index (χ2v) is 3.78. The first-order valence-corrected chi connectivity index (χ1v) is 5.28. The maximum Gasteiger partial charge on any atom is 0.353 e. The Balaban J connectivity index is 2.28. The maximum absolute atomic E-state index is 13.0. The van der Waals surface area contributed by atoms with E-state index >= 15 is 0 Å². The van der Waals surface area contributed by atoms with E-state index in [4.69, 9.17) is 10.5 Å². The predicted molar refractivity (Wildman–Crippen MR) is 64.2 cm³/mol. The average molecular weight is 249 g/mol. The zero-order valence-electron chi connectivity index (χ0n) is 9.77. The summed E-state index contributed by atoms with van der Waals surface area (Å²) in [5, 5.41) is 0. The van der Waals surface area contributed by atoms with Crippen molar-refractivity contribution in [2.75, 3.05) is 13.7 Å². The van der Waals surface area contributed by atoms with Crippen LogP contribution in [0.15, 0.2) is 35.5 Å². The molecule has 0 saturated carbocycles. The SMILES string of the molecule is COC(=O)/C(N)=C/C1=Cc2ccc(F)cc2OC1. The Hall–Kier alpha value is -2.30. The van der Waals surface area contributed by atoms with Crippen LogP contribution in [0, 0.1) is 5.82 Å². The van der Waals surface area contributed by atoms with Crippen LogP contribution >= 0.6 is 0 Å². The second kappa shape index (κ2) is 4.91. The zero-order valence-corrected chi connectivity index (χ0v) is 9.77. The molecule has 0 bridgehead atoms. The van der Waals surface area contributed by atoms with E-state index in [0.717, 1.165) is 11.1 Å². The lowest BCUT2D eigenvalue weighted by Crippen LogP contribution is -2.15. The molecule has 0 atom stereocenters. The molecule has 0 amide bonds. The van der Waals surface area contributed by atoms with E-state index < -0.39 is 5.97 Å². The van der Waals surface area contributed by atoms with Crippen molar-refractivity contribution in [3.05, 3.63) is 46.9 Å². The minimum atomic E-state index is -0.596. The Morgan fingerprint density at radius 2 is 2.33 bits per heavy atom. The number of benzene rings is 1. The molecule has 0 saturated heterocycles. The van der Waals surface area contributed by atoms with Gasteiger partial charge < -0.3 is 15.2 Å². The van der Waals surface area contributed by atoms with Crippen LogP contribution < -0.4 is 10.5 Å². The second-order valence-electron chi connectivity index (χ2n) is 3.78. The standard InChI is InChI=1S/C13H12FNO3/c1-17-13(16)11(15)5-8-4-9-2-3-10(14)6-12(9)18-7-8/h2-6H,7,15H2,1H3/b11-5-. The molecule has 1 aliphatic rings. The number of rotatable bonds is 2. The van der Waals surface area contributed by atoms with Crippen LogP contribution in [0.3, 0.4) is 0 Å². The van der Waals surface area contributed by atoms with E-state index in [1.165, 1.54) is 25.3 Å². The van der Waals surface area contributed by atoms with Gasteiger partial charge in [0.25, 0.3) is 0 Å². The molecule has 0 unspecified atom stereocenters. The van der Waals surface area contributed by atoms with Crippen molar-refractivity contribution in [2.24, 2.45) is 5.73 Å². The highest BCUT2D eigenvalue weighted by molar-refractivity contribution is 5.88. The average Bonchev–Trinajstić information content (AvgIpc) is 2.38. The fourth-order valence-corrected chi connectivity index (χ4v) is 1.61. The number of esters is 1. The lowest BCUT2D eigenvalue weighted by atomic mass is 10.1. The van der Waals surface area contributed by atoms with Crippen LogP contribution in [0.4, 0.5) is 4.39 Å². The molecule has 1 aromatic carbocycles. The molecule has 0 radical (unpaired) electrons. The maximum atomic E-state index is 13.0. The summed E-state index contributed by atoms with van der Waals surface area (Å²) in [6.45, 7) is 0.230. The van der Waals surface area contributed by atoms with Crippen molar-refractivity contribution < 1.29 is 18.7 Å². The topological polar surface area (TPSA) is 61.5 Å². The van der Waals surface area contributed by atoms with Gasteiger partial charge in [-0.2, -0.15) is 0 Å². The van der Waals surface area contributed by atoms with Crippen LogP contribution in [-0.4, -0.2) is 19.7 Å². The minimum Gasteiger partial charge on any atom is -0.488 e. The molecule has 2 rings (SSSR count). The van der Waals surface area contributed by atoms with Gasteiger partial charge in [0.15, 0.2) is 0 Å². The lowest BCUT2D eigenvalue weighted by Gasteiger charge is -2.16. The van der Waals surface area contributed by atoms with Crippen molar-refractivity contribution in [3.8, 4) is 5.75 Å². The number of methoxy groups -OCH3 is 1. The number of carbonyl (C=O) groups excluding carboxylic acids is 1. The molecular formula is C13H12FNO3. The Morgan fingerprint density at radius 3 is 3.06 bits per heavy atom. The summed E-state index contributed by atoms with van der Waals surface area (Å²) in [6.07, 6.45) is 3.27. The fraction of sp³-hybridized carbons (Fsp3) is 0.154. The Bertz CT molecular complexity index is 549. The van der Waals surface area contributed by atoms with Crippen LogP contribution in [0.25, 0.3) is 6.08 Å². The normalized spacial score (nSPS) is 14.3. The molecule has 0 aliphatic carbocycles. The lowest BCUT2D eigenvalue weighted by molar-refractivity contribution is -0.136. The molecule has 5 heteroatoms. The van der Waals surface area contributed by atoms with Crippen molar-refractivity contribution >= 4 is 12.0 Å². The minimum absolute atomic E-state index is 0.00193. The summed E-state index contributed by atoms with van der Waals surface area (Å²) in [5.41, 5.74) is 6.99. The molecule has 0 fully saturated rings. The van der Waals surface area contributed by atoms with Crippen molar-refractivity contribution in [2.45, 2.75) is 0 Å². The molecule has 2 N–H and O–H groups in total. The first kappa shape index (κ1) is 12.2. The summed E-state index contributed by atoms with van der Waals surface area (Å²) < 4.78 is 22.8. The summed E-state index contributed by atoms with van der Waals surface area (Å²) in [6, 6.07) is 4.26. The molecule has 0 aromatic heterocycles. The zero-order chi connectivity index (χ0) is 13.1. The van der Waals surface area contributed by atoms with Gasteiger partial charge in [-0.3, -0.25) is 0 Å². The quantitative estimate of drug-likeness (QED) is 0.639. The van der Waals surface area contributed by atoms with E-state index in [-0.39, 0.29) is 18.1 Å². The highest BCUT2D eigenvalue weighted by Crippen LogP contribution is 2.27. The number of fused-ring (bicyclic) bond motifs is 1. The van der Waals surface area contributed by atoms with Gasteiger partial charge in [-0.1, -0.05) is 0 Å². The van der Waals surface area contributed by atoms with Crippen LogP contribution in [0.5, 0.6) is 5.75 Å². The van der Waals surface area contributed by atoms with Crippen molar-refractivity contribution in [3.63, 3.8) is 0 Å². The van der Waals surface area contributed by atoms with Gasteiger partial charge in [0, 0.05) is 11.6 Å². The van der Waals surface area contributed by atoms with E-state index in [1.54, 1.807) is 12.1 Å². The Kier molecular flexibility index (Phi) is 3.32. The van der Waals surface area contributed by atoms with E-state index in [1.807, 2.05) is 0 Å². The largest absolute Gasteiger partial charge is 0.488 e. The summed E-state index contributed by atoms with van der Waals surface area (Å²) in [7, 11) is 1.26. The molecule has 0 spiro atoms. The van der Waals surface area contributed by atoms with Gasteiger partial charge in [-0.25, -0.2) is 9.18 Å². The fourth-order valence-electron chi connectivity index (χ4n) is 1.61. The summed E-state index contributed by atoms with van der Waals surface area (Å²) in [4.78, 5) is 11.1. The smallest absolute Gasteiger partial charge is 0.353 e. The number of halogens is 1. The molecule has 1 aliphatic heterocycles. The monoisotopic (exact) mass is 249 g/mol. The summed E-state index contributed by atoms with van der Waals surface area (Å²) in [5.74, 6) is -0.472. The number of hydrogen-bond donors (Lipinski definition) is 1. The van der Waals surface area contributed by atoms with E-state index in [2.05, 4.69) is 4.74 Å². The summed E-state index contributed by atoms with van der Waals surface area (Å²) >= 11 is 0. The van der Waals surface area contributed by atoms with Crippen molar-refractivity contribution in [1.82, 2.24) is 0 Å². The van der Waals surface area contributed by atoms with Gasteiger partial charge >= 0.3 is 5.97 Å². The van der Waals surface area contributed by atoms with Gasteiger partial charge in [0.2, 0.25) is 0 Å². The molecule has 4 nitrogen and oxygen atoms in total.